The van der Waals surface area contributed by atoms with E-state index in [1.54, 1.807) is 18.4 Å². The van der Waals surface area contributed by atoms with Gasteiger partial charge in [-0.25, -0.2) is 0 Å². The molecule has 1 aromatic heterocycles. The van der Waals surface area contributed by atoms with Crippen molar-refractivity contribution in [2.45, 2.75) is 25.9 Å². The maximum Gasteiger partial charge on any atom is 0.123 e. The molecule has 0 radical (unpaired) electrons. The smallest absolute Gasteiger partial charge is 0.123 e. The predicted molar refractivity (Wildman–Crippen MR) is 85.0 cm³/mol. The molecule has 0 saturated carbocycles. The quantitative estimate of drug-likeness (QED) is 0.849. The monoisotopic (exact) mass is 339 g/mol. The summed E-state index contributed by atoms with van der Waals surface area (Å²) in [5.41, 5.74) is 2.57. The fraction of sp³-hybridized carbons (Fsp3) is 0.333. The number of nitrogens with one attached hydrogen (secondary N) is 1. The van der Waals surface area contributed by atoms with Crippen molar-refractivity contribution in [1.82, 2.24) is 5.32 Å². The van der Waals surface area contributed by atoms with Gasteiger partial charge in [0.2, 0.25) is 0 Å². The van der Waals surface area contributed by atoms with Gasteiger partial charge in [-0.15, -0.1) is 0 Å². The highest BCUT2D eigenvalue weighted by atomic mass is 79.9. The first-order valence-electron chi connectivity index (χ1n) is 6.26. The lowest BCUT2D eigenvalue weighted by Gasteiger charge is -2.15. The van der Waals surface area contributed by atoms with E-state index in [2.05, 4.69) is 51.1 Å². The summed E-state index contributed by atoms with van der Waals surface area (Å²) in [6, 6.07) is 8.71. The normalized spacial score (nSPS) is 12.4. The van der Waals surface area contributed by atoms with Gasteiger partial charge < -0.3 is 10.1 Å². The van der Waals surface area contributed by atoms with Crippen LogP contribution >= 0.6 is 27.3 Å². The molecule has 0 aliphatic rings. The van der Waals surface area contributed by atoms with E-state index in [0.29, 0.717) is 6.04 Å². The average Bonchev–Trinajstić information content (AvgIpc) is 2.89. The van der Waals surface area contributed by atoms with Crippen LogP contribution in [0.5, 0.6) is 5.75 Å². The lowest BCUT2D eigenvalue weighted by Crippen LogP contribution is -2.27. The molecule has 0 saturated heterocycles. The summed E-state index contributed by atoms with van der Waals surface area (Å²) in [6.45, 7) is 3.02. The van der Waals surface area contributed by atoms with Crippen LogP contribution in [-0.2, 0) is 13.0 Å². The third-order valence-electron chi connectivity index (χ3n) is 3.01. The largest absolute Gasteiger partial charge is 0.496 e. The van der Waals surface area contributed by atoms with Gasteiger partial charge >= 0.3 is 0 Å². The molecule has 2 rings (SSSR count). The molecule has 0 fully saturated rings. The maximum absolute atomic E-state index is 5.38. The van der Waals surface area contributed by atoms with Crippen LogP contribution in [0.25, 0.3) is 0 Å². The van der Waals surface area contributed by atoms with E-state index in [9.17, 15) is 0 Å². The van der Waals surface area contributed by atoms with E-state index in [1.807, 2.05) is 12.1 Å². The number of benzene rings is 1. The van der Waals surface area contributed by atoms with Crippen molar-refractivity contribution in [2.75, 3.05) is 7.11 Å². The summed E-state index contributed by atoms with van der Waals surface area (Å²) in [5, 5.41) is 7.87. The highest BCUT2D eigenvalue weighted by Crippen LogP contribution is 2.23. The zero-order valence-corrected chi connectivity index (χ0v) is 13.6. The second kappa shape index (κ2) is 7.08. The van der Waals surface area contributed by atoms with E-state index < -0.39 is 0 Å². The first-order chi connectivity index (χ1) is 9.19. The van der Waals surface area contributed by atoms with Gasteiger partial charge in [-0.05, 0) is 53.9 Å². The van der Waals surface area contributed by atoms with E-state index in [0.717, 1.165) is 23.2 Å². The summed E-state index contributed by atoms with van der Waals surface area (Å²) in [4.78, 5) is 0. The summed E-state index contributed by atoms with van der Waals surface area (Å²) >= 11 is 5.25. The molecule has 2 nitrogen and oxygen atoms in total. The molecule has 102 valence electrons. The minimum Gasteiger partial charge on any atom is -0.496 e. The molecule has 1 aromatic carbocycles. The first-order valence-corrected chi connectivity index (χ1v) is 7.99. The van der Waals surface area contributed by atoms with E-state index in [1.165, 1.54) is 11.1 Å². The Kier molecular flexibility index (Phi) is 5.43. The maximum atomic E-state index is 5.38. The van der Waals surface area contributed by atoms with E-state index in [4.69, 9.17) is 4.74 Å². The zero-order chi connectivity index (χ0) is 13.7. The zero-order valence-electron chi connectivity index (χ0n) is 11.2. The van der Waals surface area contributed by atoms with Crippen molar-refractivity contribution < 1.29 is 4.74 Å². The topological polar surface area (TPSA) is 21.3 Å². The predicted octanol–water partition coefficient (Wildman–Crippen LogP) is 4.24. The summed E-state index contributed by atoms with van der Waals surface area (Å²) in [7, 11) is 1.71. The van der Waals surface area contributed by atoms with Crippen molar-refractivity contribution in [3.8, 4) is 5.75 Å². The molecule has 0 aliphatic heterocycles. The van der Waals surface area contributed by atoms with Gasteiger partial charge in [0.05, 0.1) is 7.11 Å². The molecule has 1 heterocycles. The molecule has 19 heavy (non-hydrogen) atoms. The van der Waals surface area contributed by atoms with Crippen LogP contribution in [0.4, 0.5) is 0 Å². The minimum atomic E-state index is 0.443. The Labute approximate surface area is 126 Å². The number of rotatable bonds is 6. The third-order valence-corrected chi connectivity index (χ3v) is 4.23. The Hall–Kier alpha value is -0.840. The fourth-order valence-corrected chi connectivity index (χ4v) is 3.09. The minimum absolute atomic E-state index is 0.443. The van der Waals surface area contributed by atoms with Crippen LogP contribution in [0.15, 0.2) is 39.5 Å². The van der Waals surface area contributed by atoms with Crippen molar-refractivity contribution in [3.05, 3.63) is 50.6 Å². The number of thiophene rings is 1. The van der Waals surface area contributed by atoms with Gasteiger partial charge in [-0.3, -0.25) is 0 Å². The summed E-state index contributed by atoms with van der Waals surface area (Å²) in [6.07, 6.45) is 1.06. The van der Waals surface area contributed by atoms with Crippen LogP contribution in [0.1, 0.15) is 18.1 Å². The highest BCUT2D eigenvalue weighted by Gasteiger charge is 2.07. The van der Waals surface area contributed by atoms with Crippen molar-refractivity contribution in [3.63, 3.8) is 0 Å². The molecule has 0 amide bonds. The van der Waals surface area contributed by atoms with Crippen molar-refractivity contribution >= 4 is 27.3 Å². The Morgan fingerprint density at radius 2 is 2.21 bits per heavy atom. The van der Waals surface area contributed by atoms with Crippen LogP contribution in [0.2, 0.25) is 0 Å². The van der Waals surface area contributed by atoms with Crippen LogP contribution in [-0.4, -0.2) is 13.2 Å². The van der Waals surface area contributed by atoms with Crippen LogP contribution < -0.4 is 10.1 Å². The standard InChI is InChI=1S/C15H18BrNOS/c1-11(7-12-5-6-19-10-12)17-9-13-8-14(16)3-4-15(13)18-2/h3-6,8,10-11,17H,7,9H2,1-2H3. The Morgan fingerprint density at radius 3 is 2.89 bits per heavy atom. The average molecular weight is 340 g/mol. The molecule has 0 aliphatic carbocycles. The molecule has 1 atom stereocenters. The lowest BCUT2D eigenvalue weighted by atomic mass is 10.1. The van der Waals surface area contributed by atoms with Gasteiger partial charge in [-0.2, -0.15) is 11.3 Å². The van der Waals surface area contributed by atoms with Crippen molar-refractivity contribution in [2.24, 2.45) is 0 Å². The Bertz CT molecular complexity index is 513. The third kappa shape index (κ3) is 4.34. The fourth-order valence-electron chi connectivity index (χ4n) is 2.00. The number of hydrogen-bond donors (Lipinski definition) is 1. The van der Waals surface area contributed by atoms with Crippen LogP contribution in [0.3, 0.4) is 0 Å². The molecule has 4 heteroatoms. The number of ether oxygens (including phenoxy) is 1. The number of hydrogen-bond acceptors (Lipinski definition) is 3. The molecule has 1 N–H and O–H groups in total. The summed E-state index contributed by atoms with van der Waals surface area (Å²) in [5.74, 6) is 0.929. The Morgan fingerprint density at radius 1 is 1.37 bits per heavy atom. The van der Waals surface area contributed by atoms with Crippen molar-refractivity contribution in [1.29, 1.82) is 0 Å². The number of methoxy groups -OCH3 is 1. The Balaban J connectivity index is 1.92. The number of halogens is 1. The second-order valence-electron chi connectivity index (χ2n) is 4.57. The SMILES string of the molecule is COc1ccc(Br)cc1CNC(C)Cc1ccsc1. The molecule has 2 aromatic rings. The van der Waals surface area contributed by atoms with E-state index in [-0.39, 0.29) is 0 Å². The van der Waals surface area contributed by atoms with Gasteiger partial charge in [0.1, 0.15) is 5.75 Å². The van der Waals surface area contributed by atoms with Gasteiger partial charge in [-0.1, -0.05) is 15.9 Å². The molecule has 0 spiro atoms. The van der Waals surface area contributed by atoms with E-state index >= 15 is 0 Å². The molecule has 1 unspecified atom stereocenters. The first kappa shape index (κ1) is 14.6. The van der Waals surface area contributed by atoms with Gasteiger partial charge in [0.15, 0.2) is 0 Å². The highest BCUT2D eigenvalue weighted by molar-refractivity contribution is 9.10. The van der Waals surface area contributed by atoms with Gasteiger partial charge in [0.25, 0.3) is 0 Å². The summed E-state index contributed by atoms with van der Waals surface area (Å²) < 4.78 is 6.46. The molecular weight excluding hydrogens is 322 g/mol. The molecule has 0 bridgehead atoms. The van der Waals surface area contributed by atoms with Gasteiger partial charge in [0, 0.05) is 22.6 Å². The second-order valence-corrected chi connectivity index (χ2v) is 6.27. The lowest BCUT2D eigenvalue weighted by molar-refractivity contribution is 0.405. The molecular formula is C15H18BrNOS. The van der Waals surface area contributed by atoms with Crippen LogP contribution in [0, 0.1) is 0 Å².